The van der Waals surface area contributed by atoms with Crippen molar-refractivity contribution < 1.29 is 14.3 Å². The molecule has 0 radical (unpaired) electrons. The van der Waals surface area contributed by atoms with Crippen LogP contribution < -0.4 is 20.5 Å². The van der Waals surface area contributed by atoms with Gasteiger partial charge in [0.05, 0.1) is 14.2 Å². The van der Waals surface area contributed by atoms with Crippen LogP contribution in [-0.2, 0) is 4.79 Å². The van der Waals surface area contributed by atoms with Gasteiger partial charge in [-0.15, -0.1) is 0 Å². The molecule has 0 saturated heterocycles. The summed E-state index contributed by atoms with van der Waals surface area (Å²) in [6, 6.07) is 5.47. The molecule has 1 rings (SSSR count). The molecule has 0 aliphatic heterocycles. The van der Waals surface area contributed by atoms with E-state index in [1.165, 1.54) is 0 Å². The van der Waals surface area contributed by atoms with Crippen LogP contribution in [0.3, 0.4) is 0 Å². The predicted octanol–water partition coefficient (Wildman–Crippen LogP) is 1.23. The van der Waals surface area contributed by atoms with Crippen molar-refractivity contribution in [1.29, 1.82) is 0 Å². The molecule has 0 aliphatic carbocycles. The second kappa shape index (κ2) is 6.86. The molecule has 0 aromatic heterocycles. The Morgan fingerprint density at radius 3 is 2.50 bits per heavy atom. The molecule has 0 aliphatic rings. The third kappa shape index (κ3) is 3.63. The number of hydrogen-bond acceptors (Lipinski definition) is 4. The SMILES string of the molecule is CCNC(CC(N)=O)c1ccc(OC)c(OC)c1. The molecule has 1 amide bonds. The Morgan fingerprint density at radius 2 is 2.00 bits per heavy atom. The number of hydrogen-bond donors (Lipinski definition) is 2. The van der Waals surface area contributed by atoms with Crippen molar-refractivity contribution >= 4 is 5.91 Å². The molecule has 1 unspecified atom stereocenters. The summed E-state index contributed by atoms with van der Waals surface area (Å²) in [6.07, 6.45) is 0.253. The Bertz CT molecular complexity index is 407. The lowest BCUT2D eigenvalue weighted by molar-refractivity contribution is -0.118. The second-order valence-electron chi connectivity index (χ2n) is 3.90. The number of primary amides is 1. The van der Waals surface area contributed by atoms with Crippen LogP contribution in [0.2, 0.25) is 0 Å². The number of amides is 1. The average molecular weight is 252 g/mol. The smallest absolute Gasteiger partial charge is 0.219 e. The minimum absolute atomic E-state index is 0.104. The number of ether oxygens (including phenoxy) is 2. The van der Waals surface area contributed by atoms with E-state index in [-0.39, 0.29) is 18.4 Å². The van der Waals surface area contributed by atoms with Crippen LogP contribution in [0.4, 0.5) is 0 Å². The van der Waals surface area contributed by atoms with Crippen molar-refractivity contribution in [3.05, 3.63) is 23.8 Å². The van der Waals surface area contributed by atoms with E-state index in [2.05, 4.69) is 5.32 Å². The molecule has 5 nitrogen and oxygen atoms in total. The summed E-state index contributed by atoms with van der Waals surface area (Å²) < 4.78 is 10.4. The lowest BCUT2D eigenvalue weighted by Gasteiger charge is -2.18. The van der Waals surface area contributed by atoms with Gasteiger partial charge in [-0.05, 0) is 24.2 Å². The number of nitrogens with one attached hydrogen (secondary N) is 1. The third-order valence-electron chi connectivity index (χ3n) is 2.67. The van der Waals surface area contributed by atoms with Gasteiger partial charge >= 0.3 is 0 Å². The zero-order valence-corrected chi connectivity index (χ0v) is 11.0. The minimum Gasteiger partial charge on any atom is -0.493 e. The fourth-order valence-corrected chi connectivity index (χ4v) is 1.83. The van der Waals surface area contributed by atoms with Crippen LogP contribution in [0.5, 0.6) is 11.5 Å². The monoisotopic (exact) mass is 252 g/mol. The highest BCUT2D eigenvalue weighted by molar-refractivity contribution is 5.74. The molecule has 0 fully saturated rings. The van der Waals surface area contributed by atoms with Gasteiger partial charge in [-0.1, -0.05) is 13.0 Å². The normalized spacial score (nSPS) is 11.9. The first kappa shape index (κ1) is 14.3. The molecule has 1 aromatic rings. The summed E-state index contributed by atoms with van der Waals surface area (Å²) in [6.45, 7) is 2.74. The van der Waals surface area contributed by atoms with E-state index in [0.29, 0.717) is 11.5 Å². The molecule has 5 heteroatoms. The van der Waals surface area contributed by atoms with E-state index in [9.17, 15) is 4.79 Å². The predicted molar refractivity (Wildman–Crippen MR) is 69.8 cm³/mol. The number of carbonyl (C=O) groups excluding carboxylic acids is 1. The van der Waals surface area contributed by atoms with Crippen molar-refractivity contribution in [1.82, 2.24) is 5.32 Å². The van der Waals surface area contributed by atoms with Gasteiger partial charge in [0.15, 0.2) is 11.5 Å². The molecule has 0 bridgehead atoms. The minimum atomic E-state index is -0.337. The highest BCUT2D eigenvalue weighted by Gasteiger charge is 2.15. The maximum Gasteiger partial charge on any atom is 0.219 e. The van der Waals surface area contributed by atoms with Gasteiger partial charge in [0.25, 0.3) is 0 Å². The zero-order valence-electron chi connectivity index (χ0n) is 11.0. The highest BCUT2D eigenvalue weighted by atomic mass is 16.5. The van der Waals surface area contributed by atoms with Crippen LogP contribution in [0, 0.1) is 0 Å². The van der Waals surface area contributed by atoms with Gasteiger partial charge in [0, 0.05) is 12.5 Å². The summed E-state index contributed by atoms with van der Waals surface area (Å²) in [5.74, 6) is 0.966. The van der Waals surface area contributed by atoms with Crippen LogP contribution >= 0.6 is 0 Å². The fraction of sp³-hybridized carbons (Fsp3) is 0.462. The Hall–Kier alpha value is -1.75. The fourth-order valence-electron chi connectivity index (χ4n) is 1.83. The lowest BCUT2D eigenvalue weighted by Crippen LogP contribution is -2.26. The maximum absolute atomic E-state index is 11.1. The van der Waals surface area contributed by atoms with Crippen LogP contribution in [-0.4, -0.2) is 26.7 Å². The standard InChI is InChI=1S/C13H20N2O3/c1-4-15-10(8-13(14)16)9-5-6-11(17-2)12(7-9)18-3/h5-7,10,15H,4,8H2,1-3H3,(H2,14,16). The van der Waals surface area contributed by atoms with E-state index in [4.69, 9.17) is 15.2 Å². The number of benzene rings is 1. The Labute approximate surface area is 107 Å². The van der Waals surface area contributed by atoms with Crippen LogP contribution in [0.1, 0.15) is 24.9 Å². The lowest BCUT2D eigenvalue weighted by atomic mass is 10.0. The molecular formula is C13H20N2O3. The number of methoxy groups -OCH3 is 2. The summed E-state index contributed by atoms with van der Waals surface area (Å²) in [5.41, 5.74) is 6.20. The topological polar surface area (TPSA) is 73.6 Å². The second-order valence-corrected chi connectivity index (χ2v) is 3.90. The largest absolute Gasteiger partial charge is 0.493 e. The van der Waals surface area contributed by atoms with E-state index in [1.807, 2.05) is 25.1 Å². The Balaban J connectivity index is 3.00. The Morgan fingerprint density at radius 1 is 1.33 bits per heavy atom. The Kier molecular flexibility index (Phi) is 5.45. The van der Waals surface area contributed by atoms with E-state index >= 15 is 0 Å². The zero-order chi connectivity index (χ0) is 13.5. The van der Waals surface area contributed by atoms with Crippen molar-refractivity contribution in [3.63, 3.8) is 0 Å². The molecule has 3 N–H and O–H groups in total. The van der Waals surface area contributed by atoms with E-state index in [0.717, 1.165) is 12.1 Å². The number of rotatable bonds is 7. The summed E-state index contributed by atoms with van der Waals surface area (Å²) in [7, 11) is 3.17. The maximum atomic E-state index is 11.1. The molecular weight excluding hydrogens is 232 g/mol. The summed E-state index contributed by atoms with van der Waals surface area (Å²) in [4.78, 5) is 11.1. The van der Waals surface area contributed by atoms with Gasteiger partial charge in [-0.2, -0.15) is 0 Å². The first-order chi connectivity index (χ1) is 8.62. The molecule has 1 atom stereocenters. The van der Waals surface area contributed by atoms with Gasteiger partial charge in [0.2, 0.25) is 5.91 Å². The van der Waals surface area contributed by atoms with Crippen molar-refractivity contribution in [3.8, 4) is 11.5 Å². The molecule has 1 aromatic carbocycles. The van der Waals surface area contributed by atoms with Crippen molar-refractivity contribution in [2.45, 2.75) is 19.4 Å². The molecule has 0 spiro atoms. The van der Waals surface area contributed by atoms with E-state index in [1.54, 1.807) is 14.2 Å². The van der Waals surface area contributed by atoms with E-state index < -0.39 is 0 Å². The molecule has 100 valence electrons. The highest BCUT2D eigenvalue weighted by Crippen LogP contribution is 2.30. The first-order valence-corrected chi connectivity index (χ1v) is 5.86. The van der Waals surface area contributed by atoms with Gasteiger partial charge in [-0.3, -0.25) is 4.79 Å². The molecule has 0 heterocycles. The van der Waals surface area contributed by atoms with Gasteiger partial charge < -0.3 is 20.5 Å². The number of nitrogens with two attached hydrogens (primary N) is 1. The third-order valence-corrected chi connectivity index (χ3v) is 2.67. The average Bonchev–Trinajstić information content (AvgIpc) is 2.37. The van der Waals surface area contributed by atoms with Gasteiger partial charge in [-0.25, -0.2) is 0 Å². The van der Waals surface area contributed by atoms with Gasteiger partial charge in [0.1, 0.15) is 0 Å². The summed E-state index contributed by atoms with van der Waals surface area (Å²) >= 11 is 0. The van der Waals surface area contributed by atoms with Crippen LogP contribution in [0.15, 0.2) is 18.2 Å². The quantitative estimate of drug-likeness (QED) is 0.765. The number of carbonyl (C=O) groups is 1. The summed E-state index contributed by atoms with van der Waals surface area (Å²) in [5, 5.41) is 3.22. The van der Waals surface area contributed by atoms with Crippen molar-refractivity contribution in [2.75, 3.05) is 20.8 Å². The first-order valence-electron chi connectivity index (χ1n) is 5.86. The van der Waals surface area contributed by atoms with Crippen molar-refractivity contribution in [2.24, 2.45) is 5.73 Å². The molecule has 0 saturated carbocycles. The molecule has 18 heavy (non-hydrogen) atoms. The van der Waals surface area contributed by atoms with Crippen LogP contribution in [0.25, 0.3) is 0 Å².